The van der Waals surface area contributed by atoms with E-state index < -0.39 is 20.1 Å². The van der Waals surface area contributed by atoms with E-state index in [0.29, 0.717) is 12.1 Å². The van der Waals surface area contributed by atoms with E-state index in [1.165, 1.54) is 11.2 Å². The molecule has 0 fully saturated rings. The van der Waals surface area contributed by atoms with Gasteiger partial charge < -0.3 is 14.0 Å². The van der Waals surface area contributed by atoms with Gasteiger partial charge in [-0.15, -0.1) is 0 Å². The third-order valence-electron chi connectivity index (χ3n) is 5.27. The maximum Gasteiger partial charge on any atom is 0.308 e. The molecule has 0 aromatic heterocycles. The van der Waals surface area contributed by atoms with Crippen LogP contribution in [0.4, 0.5) is 5.69 Å². The summed E-state index contributed by atoms with van der Waals surface area (Å²) in [5.74, 6) is -0.0337. The van der Waals surface area contributed by atoms with Gasteiger partial charge in [0.2, 0.25) is 10.0 Å². The van der Waals surface area contributed by atoms with Crippen molar-refractivity contribution in [3.63, 3.8) is 0 Å². The van der Waals surface area contributed by atoms with Gasteiger partial charge in [-0.05, 0) is 53.1 Å². The Morgan fingerprint density at radius 1 is 0.848 bits per heavy atom. The van der Waals surface area contributed by atoms with E-state index in [1.807, 2.05) is 38.9 Å². The van der Waals surface area contributed by atoms with Gasteiger partial charge in [-0.1, -0.05) is 24.3 Å². The molecule has 0 saturated carbocycles. The lowest BCUT2D eigenvalue weighted by molar-refractivity contribution is 0.327. The average Bonchev–Trinajstić information content (AvgIpc) is 2.78. The van der Waals surface area contributed by atoms with Crippen LogP contribution in [-0.4, -0.2) is 72.1 Å². The number of likely N-dealkylation sites (N-methyl/N-ethyl adjacent to an activating group) is 1. The third kappa shape index (κ3) is 7.43. The highest BCUT2D eigenvalue weighted by Gasteiger charge is 2.26. The van der Waals surface area contributed by atoms with Crippen molar-refractivity contribution in [1.82, 2.24) is 9.21 Å². The number of benzene rings is 2. The smallest absolute Gasteiger partial charge is 0.308 e. The van der Waals surface area contributed by atoms with Gasteiger partial charge in [-0.25, -0.2) is 8.42 Å². The Bertz CT molecular complexity index is 1100. The van der Waals surface area contributed by atoms with Gasteiger partial charge >= 0.3 is 10.1 Å². The Hall–Kier alpha value is -2.14. The van der Waals surface area contributed by atoms with Crippen molar-refractivity contribution in [2.45, 2.75) is 32.2 Å². The SMILES string of the molecule is CCN(CC)c1ccc(CN(CCN(C)C)S(=O)(=O)c2ccccc2)c(OS(=O)(=O)CC)c1. The molecule has 0 bridgehead atoms. The number of hydrogen-bond acceptors (Lipinski definition) is 7. The molecule has 2 rings (SSSR count). The van der Waals surface area contributed by atoms with Crippen LogP contribution in [0.2, 0.25) is 0 Å². The molecule has 184 valence electrons. The van der Waals surface area contributed by atoms with E-state index in [1.54, 1.807) is 42.5 Å². The maximum absolute atomic E-state index is 13.4. The van der Waals surface area contributed by atoms with E-state index >= 15 is 0 Å². The first-order valence-electron chi connectivity index (χ1n) is 11.0. The van der Waals surface area contributed by atoms with Gasteiger partial charge in [0, 0.05) is 50.0 Å². The number of sulfonamides is 1. The van der Waals surface area contributed by atoms with Crippen LogP contribution in [0.5, 0.6) is 5.75 Å². The average molecular weight is 498 g/mol. The zero-order valence-electron chi connectivity index (χ0n) is 20.1. The van der Waals surface area contributed by atoms with Crippen molar-refractivity contribution < 1.29 is 21.0 Å². The highest BCUT2D eigenvalue weighted by molar-refractivity contribution is 7.89. The molecule has 0 N–H and O–H groups in total. The first-order chi connectivity index (χ1) is 15.5. The van der Waals surface area contributed by atoms with Crippen LogP contribution in [-0.2, 0) is 26.7 Å². The van der Waals surface area contributed by atoms with Crippen molar-refractivity contribution in [2.24, 2.45) is 0 Å². The molecule has 0 atom stereocenters. The molecule has 0 aliphatic heterocycles. The highest BCUT2D eigenvalue weighted by Crippen LogP contribution is 2.30. The first kappa shape index (κ1) is 27.1. The fraction of sp³-hybridized carbons (Fsp3) is 0.478. The van der Waals surface area contributed by atoms with Crippen molar-refractivity contribution in [3.8, 4) is 5.75 Å². The number of hydrogen-bond donors (Lipinski definition) is 0. The molecule has 33 heavy (non-hydrogen) atoms. The van der Waals surface area contributed by atoms with Crippen LogP contribution < -0.4 is 9.08 Å². The standard InChI is InChI=1S/C23H35N3O5S2/c1-6-25(7-2)21-15-14-20(23(18-21)31-32(27,28)8-3)19-26(17-16-24(4)5)33(29,30)22-12-10-9-11-13-22/h9-15,18H,6-8,16-17,19H2,1-5H3. The van der Waals surface area contributed by atoms with E-state index in [-0.39, 0.29) is 29.5 Å². The summed E-state index contributed by atoms with van der Waals surface area (Å²) in [5.41, 5.74) is 1.30. The number of nitrogens with zero attached hydrogens (tertiary/aromatic N) is 3. The molecule has 10 heteroatoms. The lowest BCUT2D eigenvalue weighted by atomic mass is 10.1. The molecule has 2 aromatic rings. The van der Waals surface area contributed by atoms with E-state index in [0.717, 1.165) is 18.8 Å². The molecular formula is C23H35N3O5S2. The van der Waals surface area contributed by atoms with Gasteiger partial charge in [0.15, 0.2) is 0 Å². The van der Waals surface area contributed by atoms with Crippen molar-refractivity contribution in [2.75, 3.05) is 50.9 Å². The summed E-state index contributed by atoms with van der Waals surface area (Å²) in [6.45, 7) is 7.74. The number of rotatable bonds is 13. The van der Waals surface area contributed by atoms with Crippen molar-refractivity contribution >= 4 is 25.8 Å². The lowest BCUT2D eigenvalue weighted by Gasteiger charge is -2.26. The van der Waals surface area contributed by atoms with Crippen LogP contribution in [0.1, 0.15) is 26.3 Å². The fourth-order valence-electron chi connectivity index (χ4n) is 3.26. The van der Waals surface area contributed by atoms with Gasteiger partial charge in [0.05, 0.1) is 10.6 Å². The van der Waals surface area contributed by atoms with Crippen LogP contribution in [0, 0.1) is 0 Å². The minimum absolute atomic E-state index is 0.0157. The zero-order chi connectivity index (χ0) is 24.6. The quantitative estimate of drug-likeness (QED) is 0.393. The normalized spacial score (nSPS) is 12.3. The molecule has 0 spiro atoms. The minimum atomic E-state index is -3.81. The summed E-state index contributed by atoms with van der Waals surface area (Å²) in [4.78, 5) is 4.16. The highest BCUT2D eigenvalue weighted by atomic mass is 32.2. The molecule has 0 unspecified atom stereocenters. The second-order valence-corrected chi connectivity index (χ2v) is 11.6. The molecule has 0 amide bonds. The molecule has 0 aliphatic carbocycles. The van der Waals surface area contributed by atoms with Crippen LogP contribution in [0.25, 0.3) is 0 Å². The molecule has 0 radical (unpaired) electrons. The van der Waals surface area contributed by atoms with E-state index in [4.69, 9.17) is 4.18 Å². The molecule has 2 aromatic carbocycles. The van der Waals surface area contributed by atoms with E-state index in [2.05, 4.69) is 4.90 Å². The zero-order valence-corrected chi connectivity index (χ0v) is 21.7. The second kappa shape index (κ2) is 11.8. The summed E-state index contributed by atoms with van der Waals surface area (Å²) < 4.78 is 58.2. The number of anilines is 1. The molecule has 0 aliphatic rings. The molecule has 8 nitrogen and oxygen atoms in total. The van der Waals surface area contributed by atoms with Gasteiger partial charge in [0.25, 0.3) is 0 Å². The molecule has 0 saturated heterocycles. The van der Waals surface area contributed by atoms with Crippen LogP contribution in [0.3, 0.4) is 0 Å². The van der Waals surface area contributed by atoms with Gasteiger partial charge in [0.1, 0.15) is 5.75 Å². The fourth-order valence-corrected chi connectivity index (χ4v) is 5.24. The topological polar surface area (TPSA) is 87.2 Å². The largest absolute Gasteiger partial charge is 0.382 e. The summed E-state index contributed by atoms with van der Waals surface area (Å²) in [7, 11) is -3.86. The summed E-state index contributed by atoms with van der Waals surface area (Å²) in [6, 6.07) is 13.5. The summed E-state index contributed by atoms with van der Waals surface area (Å²) >= 11 is 0. The Kier molecular flexibility index (Phi) is 9.71. The molecular weight excluding hydrogens is 462 g/mol. The predicted octanol–water partition coefficient (Wildman–Crippen LogP) is 3.01. The monoisotopic (exact) mass is 497 g/mol. The van der Waals surface area contributed by atoms with Crippen LogP contribution >= 0.6 is 0 Å². The second-order valence-electron chi connectivity index (χ2n) is 7.85. The Labute approximate surface area is 198 Å². The summed E-state index contributed by atoms with van der Waals surface area (Å²) in [6.07, 6.45) is 0. The Morgan fingerprint density at radius 2 is 1.48 bits per heavy atom. The Balaban J connectivity index is 2.53. The van der Waals surface area contributed by atoms with Crippen molar-refractivity contribution in [1.29, 1.82) is 0 Å². The van der Waals surface area contributed by atoms with Crippen molar-refractivity contribution in [3.05, 3.63) is 54.1 Å². The van der Waals surface area contributed by atoms with Crippen LogP contribution in [0.15, 0.2) is 53.4 Å². The third-order valence-corrected chi connectivity index (χ3v) is 8.27. The van der Waals surface area contributed by atoms with Gasteiger partial charge in [-0.3, -0.25) is 0 Å². The minimum Gasteiger partial charge on any atom is -0.382 e. The summed E-state index contributed by atoms with van der Waals surface area (Å²) in [5, 5.41) is 0. The first-order valence-corrected chi connectivity index (χ1v) is 14.1. The Morgan fingerprint density at radius 3 is 2.03 bits per heavy atom. The van der Waals surface area contributed by atoms with E-state index in [9.17, 15) is 16.8 Å². The predicted molar refractivity (Wildman–Crippen MR) is 133 cm³/mol. The van der Waals surface area contributed by atoms with Gasteiger partial charge in [-0.2, -0.15) is 12.7 Å². The maximum atomic E-state index is 13.4. The lowest BCUT2D eigenvalue weighted by Crippen LogP contribution is -2.36. The molecule has 0 heterocycles.